The molecule has 0 saturated heterocycles. The maximum absolute atomic E-state index is 13.4. The first-order valence-corrected chi connectivity index (χ1v) is 14.5. The van der Waals surface area contributed by atoms with Crippen molar-refractivity contribution in [2.75, 3.05) is 0 Å². The number of nitrogens with one attached hydrogen (secondary N) is 2. The van der Waals surface area contributed by atoms with E-state index in [1.165, 1.54) is 6.08 Å². The van der Waals surface area contributed by atoms with Gasteiger partial charge in [0, 0.05) is 21.1 Å². The number of allylic oxidation sites excluding steroid dienone is 2. The van der Waals surface area contributed by atoms with Crippen molar-refractivity contribution in [2.45, 2.75) is 66.0 Å². The number of Topliss-reactive ketones (excluding diaryl/α,β-unsaturated/α-hetero) is 1. The topological polar surface area (TPSA) is 123 Å². The zero-order valence-corrected chi connectivity index (χ0v) is 24.9. The summed E-state index contributed by atoms with van der Waals surface area (Å²) in [6.07, 6.45) is 1.44. The van der Waals surface area contributed by atoms with Crippen LogP contribution in [0.25, 0.3) is 10.4 Å². The van der Waals surface area contributed by atoms with Crippen LogP contribution in [0.3, 0.4) is 0 Å². The first-order chi connectivity index (χ1) is 17.4. The summed E-state index contributed by atoms with van der Waals surface area (Å²) in [5.41, 5.74) is 5.09. The highest BCUT2D eigenvalue weighted by molar-refractivity contribution is 14.1. The molecule has 0 bridgehead atoms. The zero-order valence-electron chi connectivity index (χ0n) is 21.9. The number of aliphatic hydroxyl groups excluding tert-OH is 2. The standard InChI is InChI=1S/C28H36IN3O4S/c1-14(2)25(24(34)8-15(3)30)26(35)19-9-20(11-21(33)10-19)28(36)32-16(4)22-7-6-18(12-23(22)29)27-17(5)31-13-37-27/h6-8,12-14,16,19-21,25,30,33-34H,9-11H2,1-5H3,(H,32,36)/b24-8-,30-15?/t16-,19?,20-,21-,25?/m0/s1. The summed E-state index contributed by atoms with van der Waals surface area (Å²) in [7, 11) is 0. The Hall–Kier alpha value is -2.11. The lowest BCUT2D eigenvalue weighted by Gasteiger charge is -2.34. The lowest BCUT2D eigenvalue weighted by molar-refractivity contribution is -0.134. The molecule has 4 N–H and O–H groups in total. The Balaban J connectivity index is 1.72. The number of carbonyl (C=O) groups is 2. The van der Waals surface area contributed by atoms with Gasteiger partial charge in [-0.1, -0.05) is 26.0 Å². The minimum absolute atomic E-state index is 0.131. The number of nitrogens with zero attached hydrogens (tertiary/aromatic N) is 1. The van der Waals surface area contributed by atoms with E-state index in [0.29, 0.717) is 12.8 Å². The molecular formula is C28H36IN3O4S. The second-order valence-corrected chi connectivity index (χ2v) is 12.4. The molecule has 1 saturated carbocycles. The van der Waals surface area contributed by atoms with Crippen LogP contribution in [0.2, 0.25) is 0 Å². The zero-order chi connectivity index (χ0) is 27.4. The van der Waals surface area contributed by atoms with Crippen molar-refractivity contribution in [3.05, 3.63) is 50.4 Å². The Bertz CT molecular complexity index is 1190. The fourth-order valence-electron chi connectivity index (χ4n) is 5.12. The van der Waals surface area contributed by atoms with Crippen molar-refractivity contribution < 1.29 is 19.8 Å². The van der Waals surface area contributed by atoms with Gasteiger partial charge in [0.1, 0.15) is 11.5 Å². The molecule has 2 aromatic rings. The Morgan fingerprint density at radius 2 is 1.89 bits per heavy atom. The summed E-state index contributed by atoms with van der Waals surface area (Å²) in [5.74, 6) is -2.47. The molecule has 0 radical (unpaired) electrons. The van der Waals surface area contributed by atoms with E-state index in [2.05, 4.69) is 39.0 Å². The molecule has 200 valence electrons. The van der Waals surface area contributed by atoms with Gasteiger partial charge in [0.05, 0.1) is 34.1 Å². The Kier molecular flexibility index (Phi) is 10.0. The van der Waals surface area contributed by atoms with E-state index in [4.69, 9.17) is 5.41 Å². The first-order valence-electron chi connectivity index (χ1n) is 12.6. The molecule has 1 fully saturated rings. The highest BCUT2D eigenvalue weighted by Gasteiger charge is 2.40. The van der Waals surface area contributed by atoms with Crippen molar-refractivity contribution in [1.29, 1.82) is 5.41 Å². The van der Waals surface area contributed by atoms with Crippen LogP contribution < -0.4 is 5.32 Å². The number of hydrogen-bond acceptors (Lipinski definition) is 7. The molecular weight excluding hydrogens is 601 g/mol. The first kappa shape index (κ1) is 29.4. The smallest absolute Gasteiger partial charge is 0.223 e. The van der Waals surface area contributed by atoms with Gasteiger partial charge in [0.25, 0.3) is 0 Å². The summed E-state index contributed by atoms with van der Waals surface area (Å²) in [4.78, 5) is 32.1. The number of hydrogen-bond donors (Lipinski definition) is 4. The van der Waals surface area contributed by atoms with E-state index in [-0.39, 0.29) is 41.5 Å². The fraction of sp³-hybridized carbons (Fsp3) is 0.500. The molecule has 9 heteroatoms. The monoisotopic (exact) mass is 637 g/mol. The highest BCUT2D eigenvalue weighted by atomic mass is 127. The van der Waals surface area contributed by atoms with E-state index < -0.39 is 23.9 Å². The second-order valence-electron chi connectivity index (χ2n) is 10.4. The molecule has 1 aromatic carbocycles. The fourth-order valence-corrected chi connectivity index (χ4v) is 6.91. The van der Waals surface area contributed by atoms with E-state index in [0.717, 1.165) is 25.3 Å². The van der Waals surface area contributed by atoms with Gasteiger partial charge in [-0.15, -0.1) is 11.3 Å². The van der Waals surface area contributed by atoms with Crippen molar-refractivity contribution >= 4 is 51.3 Å². The van der Waals surface area contributed by atoms with Crippen LogP contribution in [0.1, 0.15) is 64.3 Å². The maximum atomic E-state index is 13.4. The normalized spacial score (nSPS) is 21.9. The molecule has 5 atom stereocenters. The summed E-state index contributed by atoms with van der Waals surface area (Å²) in [6, 6.07) is 5.92. The molecule has 1 aliphatic carbocycles. The molecule has 0 spiro atoms. The molecule has 1 aromatic heterocycles. The summed E-state index contributed by atoms with van der Waals surface area (Å²) < 4.78 is 1.04. The number of halogens is 1. The molecule has 2 unspecified atom stereocenters. The molecule has 3 rings (SSSR count). The molecule has 1 aliphatic rings. The number of aliphatic hydroxyl groups is 2. The van der Waals surface area contributed by atoms with Gasteiger partial charge < -0.3 is 20.9 Å². The van der Waals surface area contributed by atoms with Gasteiger partial charge in [-0.3, -0.25) is 9.59 Å². The number of carbonyl (C=O) groups excluding carboxylic acids is 2. The minimum atomic E-state index is -0.765. The Morgan fingerprint density at radius 1 is 1.22 bits per heavy atom. The molecule has 1 heterocycles. The lowest BCUT2D eigenvalue weighted by Crippen LogP contribution is -2.42. The van der Waals surface area contributed by atoms with Gasteiger partial charge in [0.2, 0.25) is 5.91 Å². The van der Waals surface area contributed by atoms with Gasteiger partial charge >= 0.3 is 0 Å². The third kappa shape index (κ3) is 7.26. The van der Waals surface area contributed by atoms with Crippen LogP contribution in [-0.4, -0.2) is 38.7 Å². The third-order valence-corrected chi connectivity index (χ3v) is 8.86. The Labute approximate surface area is 236 Å². The van der Waals surface area contributed by atoms with Gasteiger partial charge in [-0.2, -0.15) is 0 Å². The van der Waals surface area contributed by atoms with E-state index >= 15 is 0 Å². The number of thiazole rings is 1. The van der Waals surface area contributed by atoms with Crippen LogP contribution in [-0.2, 0) is 9.59 Å². The van der Waals surface area contributed by atoms with Crippen molar-refractivity contribution in [2.24, 2.45) is 23.7 Å². The average molecular weight is 638 g/mol. The van der Waals surface area contributed by atoms with Crippen LogP contribution in [0.15, 0.2) is 35.5 Å². The van der Waals surface area contributed by atoms with Gasteiger partial charge in [0.15, 0.2) is 0 Å². The van der Waals surface area contributed by atoms with Gasteiger partial charge in [-0.25, -0.2) is 4.98 Å². The third-order valence-electron chi connectivity index (χ3n) is 6.95. The molecule has 7 nitrogen and oxygen atoms in total. The number of aryl methyl sites for hydroxylation is 1. The number of aromatic nitrogens is 1. The lowest BCUT2D eigenvalue weighted by atomic mass is 9.72. The quantitative estimate of drug-likeness (QED) is 0.153. The highest BCUT2D eigenvalue weighted by Crippen LogP contribution is 2.36. The van der Waals surface area contributed by atoms with E-state index in [1.807, 2.05) is 45.3 Å². The minimum Gasteiger partial charge on any atom is -0.511 e. The number of ketones is 1. The summed E-state index contributed by atoms with van der Waals surface area (Å²) in [6.45, 7) is 9.16. The largest absolute Gasteiger partial charge is 0.511 e. The van der Waals surface area contributed by atoms with Gasteiger partial charge in [-0.05, 0) is 91.8 Å². The second kappa shape index (κ2) is 12.6. The number of benzene rings is 1. The summed E-state index contributed by atoms with van der Waals surface area (Å²) in [5, 5.41) is 31.8. The predicted octanol–water partition coefficient (Wildman–Crippen LogP) is 6.00. The number of rotatable bonds is 9. The van der Waals surface area contributed by atoms with Crippen LogP contribution in [0, 0.1) is 39.6 Å². The predicted molar refractivity (Wildman–Crippen MR) is 156 cm³/mol. The van der Waals surface area contributed by atoms with E-state index in [9.17, 15) is 19.8 Å². The Morgan fingerprint density at radius 3 is 2.46 bits per heavy atom. The SMILES string of the molecule is CC(=N)/C=C(\O)C(C(=O)C1C[C@H](O)C[C@@H](C(=O)N[C@@H](C)c2ccc(-c3scnc3C)cc2I)C1)C(C)C. The van der Waals surface area contributed by atoms with Crippen LogP contribution in [0.4, 0.5) is 0 Å². The summed E-state index contributed by atoms with van der Waals surface area (Å²) >= 11 is 3.89. The van der Waals surface area contributed by atoms with Crippen molar-refractivity contribution in [3.8, 4) is 10.4 Å². The molecule has 37 heavy (non-hydrogen) atoms. The number of amides is 1. The maximum Gasteiger partial charge on any atom is 0.223 e. The van der Waals surface area contributed by atoms with Crippen molar-refractivity contribution in [1.82, 2.24) is 10.3 Å². The molecule has 0 aliphatic heterocycles. The average Bonchev–Trinajstić information content (AvgIpc) is 3.23. The van der Waals surface area contributed by atoms with E-state index in [1.54, 1.807) is 18.3 Å². The molecule has 1 amide bonds. The van der Waals surface area contributed by atoms with Crippen LogP contribution in [0.5, 0.6) is 0 Å². The van der Waals surface area contributed by atoms with Crippen LogP contribution >= 0.6 is 33.9 Å². The van der Waals surface area contributed by atoms with Crippen molar-refractivity contribution in [3.63, 3.8) is 0 Å².